The number of benzene rings is 3. The molecule has 0 aliphatic rings. The third kappa shape index (κ3) is 3.97. The van der Waals surface area contributed by atoms with Gasteiger partial charge in [0, 0.05) is 0 Å². The van der Waals surface area contributed by atoms with Gasteiger partial charge in [-0.3, -0.25) is 4.79 Å². The highest BCUT2D eigenvalue weighted by Crippen LogP contribution is 2.28. The highest BCUT2D eigenvalue weighted by Gasteiger charge is 2.19. The van der Waals surface area contributed by atoms with E-state index in [1.54, 1.807) is 30.3 Å². The van der Waals surface area contributed by atoms with Gasteiger partial charge in [-0.25, -0.2) is 23.3 Å². The number of hydrogen-bond acceptors (Lipinski definition) is 5. The molecule has 0 fully saturated rings. The van der Waals surface area contributed by atoms with Crippen molar-refractivity contribution in [3.8, 4) is 11.6 Å². The lowest BCUT2D eigenvalue weighted by Gasteiger charge is -2.09. The molecule has 0 radical (unpaired) electrons. The maximum absolute atomic E-state index is 13.3. The summed E-state index contributed by atoms with van der Waals surface area (Å²) in [6, 6.07) is 18.1. The van der Waals surface area contributed by atoms with E-state index in [1.165, 1.54) is 16.5 Å². The monoisotopic (exact) mass is 477 g/mol. The van der Waals surface area contributed by atoms with Gasteiger partial charge in [-0.1, -0.05) is 41.9 Å². The van der Waals surface area contributed by atoms with Gasteiger partial charge in [-0.2, -0.15) is 0 Å². The van der Waals surface area contributed by atoms with E-state index in [0.29, 0.717) is 16.8 Å². The average Bonchev–Trinajstić information content (AvgIpc) is 3.14. The number of rotatable bonds is 5. The topological polar surface area (TPSA) is 90.5 Å². The van der Waals surface area contributed by atoms with E-state index in [1.807, 2.05) is 25.1 Å². The van der Waals surface area contributed by atoms with E-state index >= 15 is 0 Å². The van der Waals surface area contributed by atoms with Crippen LogP contribution in [0, 0.1) is 12.7 Å². The number of halogens is 2. The highest BCUT2D eigenvalue weighted by atomic mass is 35.5. The number of nitrogens with one attached hydrogen (secondary N) is 1. The predicted octanol–water partition coefficient (Wildman–Crippen LogP) is 4.58. The first-order valence-electron chi connectivity index (χ1n) is 10.3. The molecule has 0 aliphatic heterocycles. The minimum atomic E-state index is -0.558. The van der Waals surface area contributed by atoms with Crippen molar-refractivity contribution in [3.63, 3.8) is 0 Å². The minimum absolute atomic E-state index is 0.0415. The summed E-state index contributed by atoms with van der Waals surface area (Å²) in [5.74, 6) is -0.388. The molecule has 0 atom stereocenters. The summed E-state index contributed by atoms with van der Waals surface area (Å²) >= 11 is 5.98. The van der Waals surface area contributed by atoms with E-state index in [2.05, 4.69) is 15.4 Å². The van der Waals surface area contributed by atoms with Gasteiger partial charge in [0.15, 0.2) is 0 Å². The Morgan fingerprint density at radius 1 is 1.12 bits per heavy atom. The van der Waals surface area contributed by atoms with Crippen molar-refractivity contribution in [3.05, 3.63) is 93.6 Å². The Morgan fingerprint density at radius 2 is 1.88 bits per heavy atom. The second kappa shape index (κ2) is 8.60. The predicted molar refractivity (Wildman–Crippen MR) is 126 cm³/mol. The molecule has 0 unspecified atom stereocenters. The molecule has 0 aliphatic carbocycles. The number of anilines is 1. The fraction of sp³-hybridized carbons (Fsp3) is 0.0833. The molecule has 0 spiro atoms. The van der Waals surface area contributed by atoms with Gasteiger partial charge >= 0.3 is 5.69 Å². The van der Waals surface area contributed by atoms with E-state index in [4.69, 9.17) is 16.3 Å². The molecule has 3 aromatic carbocycles. The van der Waals surface area contributed by atoms with Gasteiger partial charge in [0.25, 0.3) is 5.88 Å². The van der Waals surface area contributed by atoms with Crippen LogP contribution in [0.4, 0.5) is 10.1 Å². The van der Waals surface area contributed by atoms with Crippen LogP contribution in [-0.4, -0.2) is 25.1 Å². The molecule has 0 saturated heterocycles. The molecule has 10 heteroatoms. The molecule has 2 heterocycles. The summed E-state index contributed by atoms with van der Waals surface area (Å²) in [5.41, 5.74) is 1.78. The molecule has 1 amide bonds. The van der Waals surface area contributed by atoms with E-state index < -0.39 is 24.0 Å². The molecule has 2 aromatic heterocycles. The van der Waals surface area contributed by atoms with Crippen molar-refractivity contribution in [1.82, 2.24) is 19.2 Å². The van der Waals surface area contributed by atoms with E-state index in [9.17, 15) is 14.0 Å². The Kier molecular flexibility index (Phi) is 5.46. The Bertz CT molecular complexity index is 1630. The third-order valence-corrected chi connectivity index (χ3v) is 5.49. The first kappa shape index (κ1) is 21.6. The van der Waals surface area contributed by atoms with Crippen molar-refractivity contribution < 1.29 is 13.9 Å². The molecule has 170 valence electrons. The number of ether oxygens (including phenoxy) is 1. The molecule has 34 heavy (non-hydrogen) atoms. The molecule has 0 saturated carbocycles. The fourth-order valence-corrected chi connectivity index (χ4v) is 3.75. The Morgan fingerprint density at radius 3 is 2.68 bits per heavy atom. The zero-order valence-electron chi connectivity index (χ0n) is 17.8. The number of hydrogen-bond donors (Lipinski definition) is 1. The summed E-state index contributed by atoms with van der Waals surface area (Å²) in [7, 11) is 0. The molecule has 0 bridgehead atoms. The highest BCUT2D eigenvalue weighted by molar-refractivity contribution is 6.33. The number of para-hydroxylation sites is 3. The number of amides is 1. The second-order valence-corrected chi connectivity index (χ2v) is 7.95. The van der Waals surface area contributed by atoms with Gasteiger partial charge in [0.05, 0.1) is 21.7 Å². The zero-order valence-corrected chi connectivity index (χ0v) is 18.6. The lowest BCUT2D eigenvalue weighted by molar-refractivity contribution is -0.117. The Labute approximate surface area is 197 Å². The van der Waals surface area contributed by atoms with Gasteiger partial charge < -0.3 is 10.1 Å². The van der Waals surface area contributed by atoms with Crippen molar-refractivity contribution >= 4 is 39.9 Å². The molecule has 1 N–H and O–H groups in total. The van der Waals surface area contributed by atoms with Crippen LogP contribution in [0.2, 0.25) is 5.02 Å². The second-order valence-electron chi connectivity index (χ2n) is 7.54. The lowest BCUT2D eigenvalue weighted by Crippen LogP contribution is -2.28. The summed E-state index contributed by atoms with van der Waals surface area (Å²) in [6.07, 6.45) is 0. The molecule has 8 nitrogen and oxygen atoms in total. The lowest BCUT2D eigenvalue weighted by atomic mass is 10.2. The molecule has 5 aromatic rings. The summed E-state index contributed by atoms with van der Waals surface area (Å²) < 4.78 is 21.7. The SMILES string of the molecule is Cc1ccccc1Oc1nc2ccccc2n2c(=O)n(CC(=O)Nc3ccc(F)cc3Cl)nc12. The largest absolute Gasteiger partial charge is 0.436 e. The van der Waals surface area contributed by atoms with Gasteiger partial charge in [0.2, 0.25) is 11.6 Å². The van der Waals surface area contributed by atoms with Crippen LogP contribution in [0.25, 0.3) is 16.7 Å². The van der Waals surface area contributed by atoms with Crippen LogP contribution in [0.15, 0.2) is 71.5 Å². The number of aryl methyl sites for hydroxylation is 1. The van der Waals surface area contributed by atoms with E-state index in [-0.39, 0.29) is 22.2 Å². The first-order chi connectivity index (χ1) is 16.4. The van der Waals surface area contributed by atoms with Crippen LogP contribution in [0.1, 0.15) is 5.56 Å². The summed E-state index contributed by atoms with van der Waals surface area (Å²) in [4.78, 5) is 30.4. The number of carbonyl (C=O) groups excluding carboxylic acids is 1. The number of carbonyl (C=O) groups is 1. The zero-order chi connectivity index (χ0) is 23.8. The maximum Gasteiger partial charge on any atom is 0.351 e. The maximum atomic E-state index is 13.3. The first-order valence-corrected chi connectivity index (χ1v) is 10.7. The fourth-order valence-electron chi connectivity index (χ4n) is 3.53. The average molecular weight is 478 g/mol. The van der Waals surface area contributed by atoms with Gasteiger partial charge in [-0.15, -0.1) is 5.10 Å². The van der Waals surface area contributed by atoms with Crippen LogP contribution < -0.4 is 15.7 Å². The number of nitrogens with zero attached hydrogens (tertiary/aromatic N) is 4. The minimum Gasteiger partial charge on any atom is -0.436 e. The third-order valence-electron chi connectivity index (χ3n) is 5.17. The van der Waals surface area contributed by atoms with Crippen LogP contribution in [0.3, 0.4) is 0 Å². The number of fused-ring (bicyclic) bond motifs is 3. The Hall–Kier alpha value is -4.24. The normalized spacial score (nSPS) is 11.1. The van der Waals surface area contributed by atoms with Crippen molar-refractivity contribution in [2.24, 2.45) is 0 Å². The molecular weight excluding hydrogens is 461 g/mol. The molecule has 5 rings (SSSR count). The Balaban J connectivity index is 1.56. The number of aromatic nitrogens is 4. The standard InChI is InChI=1S/C24H17ClFN5O3/c1-14-6-2-5-9-20(14)34-23-22-29-30(13-21(32)27-17-11-10-15(26)12-16(17)25)24(33)31(22)19-8-4-3-7-18(19)28-23/h2-12H,13H2,1H3,(H,27,32). The van der Waals surface area contributed by atoms with Crippen molar-refractivity contribution in [2.45, 2.75) is 13.5 Å². The van der Waals surface area contributed by atoms with Gasteiger partial charge in [-0.05, 0) is 48.9 Å². The van der Waals surface area contributed by atoms with Crippen LogP contribution in [0.5, 0.6) is 11.6 Å². The van der Waals surface area contributed by atoms with E-state index in [0.717, 1.165) is 16.3 Å². The van der Waals surface area contributed by atoms with Crippen LogP contribution >= 0.6 is 11.6 Å². The molecular formula is C24H17ClFN5O3. The van der Waals surface area contributed by atoms with Crippen molar-refractivity contribution in [1.29, 1.82) is 0 Å². The summed E-state index contributed by atoms with van der Waals surface area (Å²) in [5, 5.41) is 6.94. The van der Waals surface area contributed by atoms with Gasteiger partial charge in [0.1, 0.15) is 18.1 Å². The van der Waals surface area contributed by atoms with Crippen LogP contribution in [-0.2, 0) is 11.3 Å². The summed E-state index contributed by atoms with van der Waals surface area (Å²) in [6.45, 7) is 1.50. The van der Waals surface area contributed by atoms with Crippen molar-refractivity contribution in [2.75, 3.05) is 5.32 Å². The smallest absolute Gasteiger partial charge is 0.351 e. The quantitative estimate of drug-likeness (QED) is 0.400.